The van der Waals surface area contributed by atoms with E-state index in [1.807, 2.05) is 54.6 Å². The molecule has 1 aliphatic rings. The SMILES string of the molecule is O=C1c2oc3ccc(Br)cc3c(=O)c2C(c2ccccc2)N1c1cccc(Br)c1. The zero-order valence-electron chi connectivity index (χ0n) is 14.9. The van der Waals surface area contributed by atoms with E-state index in [0.717, 1.165) is 14.5 Å². The summed E-state index contributed by atoms with van der Waals surface area (Å²) in [5.41, 5.74) is 2.11. The van der Waals surface area contributed by atoms with Gasteiger partial charge in [-0.2, -0.15) is 0 Å². The van der Waals surface area contributed by atoms with Crippen molar-refractivity contribution < 1.29 is 9.21 Å². The van der Waals surface area contributed by atoms with Crippen LogP contribution in [0.5, 0.6) is 0 Å². The molecule has 0 bridgehead atoms. The van der Waals surface area contributed by atoms with E-state index in [1.165, 1.54) is 0 Å². The summed E-state index contributed by atoms with van der Waals surface area (Å²) in [6, 6.07) is 21.7. The highest BCUT2D eigenvalue weighted by atomic mass is 79.9. The Morgan fingerprint density at radius 2 is 1.59 bits per heavy atom. The largest absolute Gasteiger partial charge is 0.450 e. The van der Waals surface area contributed by atoms with Gasteiger partial charge in [0.2, 0.25) is 5.76 Å². The Hall–Kier alpha value is -2.70. The molecular weight excluding hydrogens is 498 g/mol. The Balaban J connectivity index is 1.84. The summed E-state index contributed by atoms with van der Waals surface area (Å²) in [6.45, 7) is 0. The highest BCUT2D eigenvalue weighted by molar-refractivity contribution is 9.10. The molecule has 1 aliphatic heterocycles. The Kier molecular flexibility index (Phi) is 4.41. The minimum atomic E-state index is -0.562. The number of carbonyl (C=O) groups excluding carboxylic acids is 1. The number of anilines is 1. The first-order valence-corrected chi connectivity index (χ1v) is 10.5. The van der Waals surface area contributed by atoms with Crippen molar-refractivity contribution in [3.63, 3.8) is 0 Å². The molecule has 4 nitrogen and oxygen atoms in total. The van der Waals surface area contributed by atoms with Crippen LogP contribution in [0.25, 0.3) is 11.0 Å². The van der Waals surface area contributed by atoms with Gasteiger partial charge >= 0.3 is 0 Å². The summed E-state index contributed by atoms with van der Waals surface area (Å²) in [6.07, 6.45) is 0. The van der Waals surface area contributed by atoms with Gasteiger partial charge in [-0.1, -0.05) is 68.3 Å². The maximum atomic E-state index is 13.5. The minimum Gasteiger partial charge on any atom is -0.450 e. The standard InChI is InChI=1S/C23H13Br2NO3/c24-14-7-4-8-16(11-14)26-20(13-5-2-1-3-6-13)19-21(27)17-12-15(25)9-10-18(17)29-22(19)23(26)28/h1-12,20H. The van der Waals surface area contributed by atoms with Gasteiger partial charge in [0.05, 0.1) is 17.0 Å². The number of rotatable bonds is 2. The third-order valence-electron chi connectivity index (χ3n) is 5.03. The van der Waals surface area contributed by atoms with Crippen molar-refractivity contribution in [3.8, 4) is 0 Å². The Morgan fingerprint density at radius 3 is 2.34 bits per heavy atom. The molecule has 0 saturated carbocycles. The summed E-state index contributed by atoms with van der Waals surface area (Å²) >= 11 is 6.88. The fourth-order valence-corrected chi connectivity index (χ4v) is 4.54. The summed E-state index contributed by atoms with van der Waals surface area (Å²) in [5.74, 6) is -0.229. The first-order valence-electron chi connectivity index (χ1n) is 8.95. The van der Waals surface area contributed by atoms with Crippen LogP contribution < -0.4 is 10.3 Å². The quantitative estimate of drug-likeness (QED) is 0.329. The molecule has 1 aromatic heterocycles. The van der Waals surface area contributed by atoms with Crippen molar-refractivity contribution in [1.82, 2.24) is 0 Å². The number of nitrogens with zero attached hydrogens (tertiary/aromatic N) is 1. The third kappa shape index (κ3) is 2.94. The van der Waals surface area contributed by atoms with Crippen LogP contribution in [0.1, 0.15) is 27.7 Å². The van der Waals surface area contributed by atoms with Gasteiger partial charge in [-0.3, -0.25) is 14.5 Å². The van der Waals surface area contributed by atoms with Crippen molar-refractivity contribution in [1.29, 1.82) is 0 Å². The van der Waals surface area contributed by atoms with Gasteiger partial charge in [0.15, 0.2) is 5.43 Å². The molecule has 0 aliphatic carbocycles. The molecule has 6 heteroatoms. The normalized spacial score (nSPS) is 15.7. The lowest BCUT2D eigenvalue weighted by Crippen LogP contribution is -2.29. The molecule has 3 aromatic carbocycles. The van der Waals surface area contributed by atoms with Crippen LogP contribution in [0.2, 0.25) is 0 Å². The molecule has 5 rings (SSSR count). The van der Waals surface area contributed by atoms with E-state index in [0.29, 0.717) is 22.2 Å². The van der Waals surface area contributed by atoms with Crippen LogP contribution in [0, 0.1) is 0 Å². The summed E-state index contributed by atoms with van der Waals surface area (Å²) in [7, 11) is 0. The van der Waals surface area contributed by atoms with E-state index in [1.54, 1.807) is 23.1 Å². The average molecular weight is 511 g/mol. The second-order valence-electron chi connectivity index (χ2n) is 6.78. The Morgan fingerprint density at radius 1 is 0.828 bits per heavy atom. The fourth-order valence-electron chi connectivity index (χ4n) is 3.79. The lowest BCUT2D eigenvalue weighted by molar-refractivity contribution is 0.0971. The summed E-state index contributed by atoms with van der Waals surface area (Å²) in [4.78, 5) is 28.5. The second kappa shape index (κ2) is 6.97. The van der Waals surface area contributed by atoms with Gasteiger partial charge in [-0.05, 0) is 42.0 Å². The predicted octanol–water partition coefficient (Wildman–Crippen LogP) is 6.07. The zero-order chi connectivity index (χ0) is 20.1. The molecule has 0 fully saturated rings. The van der Waals surface area contributed by atoms with Crippen molar-refractivity contribution in [2.45, 2.75) is 6.04 Å². The van der Waals surface area contributed by atoms with Crippen molar-refractivity contribution in [2.24, 2.45) is 0 Å². The van der Waals surface area contributed by atoms with Crippen LogP contribution in [0.3, 0.4) is 0 Å². The van der Waals surface area contributed by atoms with Gasteiger partial charge in [0, 0.05) is 14.6 Å². The van der Waals surface area contributed by atoms with Crippen molar-refractivity contribution in [2.75, 3.05) is 4.90 Å². The lowest BCUT2D eigenvalue weighted by Gasteiger charge is -2.25. The topological polar surface area (TPSA) is 50.5 Å². The smallest absolute Gasteiger partial charge is 0.295 e. The van der Waals surface area contributed by atoms with Crippen molar-refractivity contribution >= 4 is 54.4 Å². The highest BCUT2D eigenvalue weighted by Gasteiger charge is 2.43. The fraction of sp³-hybridized carbons (Fsp3) is 0.0435. The first kappa shape index (κ1) is 18.3. The minimum absolute atomic E-state index is 0.0960. The maximum Gasteiger partial charge on any atom is 0.295 e. The third-order valence-corrected chi connectivity index (χ3v) is 6.02. The summed E-state index contributed by atoms with van der Waals surface area (Å²) in [5, 5.41) is 0.447. The number of fused-ring (bicyclic) bond motifs is 2. The number of hydrogen-bond donors (Lipinski definition) is 0. The van der Waals surface area contributed by atoms with Crippen LogP contribution in [-0.2, 0) is 0 Å². The van der Waals surface area contributed by atoms with Crippen LogP contribution in [0.15, 0.2) is 91.0 Å². The van der Waals surface area contributed by atoms with Gasteiger partial charge < -0.3 is 4.42 Å². The molecule has 0 saturated heterocycles. The number of halogens is 2. The lowest BCUT2D eigenvalue weighted by atomic mass is 9.98. The van der Waals surface area contributed by atoms with E-state index >= 15 is 0 Å². The molecule has 1 atom stereocenters. The summed E-state index contributed by atoms with van der Waals surface area (Å²) < 4.78 is 7.59. The predicted molar refractivity (Wildman–Crippen MR) is 119 cm³/mol. The van der Waals surface area contributed by atoms with E-state index < -0.39 is 6.04 Å². The molecular formula is C23H13Br2NO3. The number of benzene rings is 3. The molecule has 1 amide bonds. The average Bonchev–Trinajstić information content (AvgIpc) is 3.02. The van der Waals surface area contributed by atoms with E-state index in [4.69, 9.17) is 4.42 Å². The Labute approximate surface area is 183 Å². The van der Waals surface area contributed by atoms with E-state index in [-0.39, 0.29) is 17.1 Å². The van der Waals surface area contributed by atoms with Crippen LogP contribution in [0.4, 0.5) is 5.69 Å². The highest BCUT2D eigenvalue weighted by Crippen LogP contribution is 2.41. The van der Waals surface area contributed by atoms with Gasteiger partial charge in [0.1, 0.15) is 5.58 Å². The van der Waals surface area contributed by atoms with Crippen molar-refractivity contribution in [3.05, 3.63) is 109 Å². The molecule has 1 unspecified atom stereocenters. The van der Waals surface area contributed by atoms with Gasteiger partial charge in [-0.25, -0.2) is 0 Å². The Bertz CT molecular complexity index is 1330. The first-order chi connectivity index (χ1) is 14.0. The number of carbonyl (C=O) groups is 1. The number of hydrogen-bond acceptors (Lipinski definition) is 3. The maximum absolute atomic E-state index is 13.5. The second-order valence-corrected chi connectivity index (χ2v) is 8.61. The zero-order valence-corrected chi connectivity index (χ0v) is 18.1. The van der Waals surface area contributed by atoms with Crippen LogP contribution >= 0.6 is 31.9 Å². The number of amides is 1. The van der Waals surface area contributed by atoms with Gasteiger partial charge in [-0.15, -0.1) is 0 Å². The molecule has 0 spiro atoms. The molecule has 2 heterocycles. The van der Waals surface area contributed by atoms with E-state index in [9.17, 15) is 9.59 Å². The molecule has 29 heavy (non-hydrogen) atoms. The molecule has 142 valence electrons. The molecule has 0 radical (unpaired) electrons. The molecule has 0 N–H and O–H groups in total. The van der Waals surface area contributed by atoms with E-state index in [2.05, 4.69) is 31.9 Å². The monoisotopic (exact) mass is 509 g/mol. The molecule has 4 aromatic rings. The van der Waals surface area contributed by atoms with Crippen LogP contribution in [-0.4, -0.2) is 5.91 Å². The van der Waals surface area contributed by atoms with Gasteiger partial charge in [0.25, 0.3) is 5.91 Å².